The number of carbonyl (C=O) groups excluding carboxylic acids is 2. The first-order valence-electron chi connectivity index (χ1n) is 7.64. The van der Waals surface area contributed by atoms with Gasteiger partial charge in [-0.3, -0.25) is 9.59 Å². The molecular formula is C17H21N3O2. The van der Waals surface area contributed by atoms with E-state index in [4.69, 9.17) is 0 Å². The van der Waals surface area contributed by atoms with Crippen LogP contribution in [0.3, 0.4) is 0 Å². The Bertz CT molecular complexity index is 646. The summed E-state index contributed by atoms with van der Waals surface area (Å²) in [6.07, 6.45) is 1.40. The standard InChI is InChI=1S/C17H21N3O2/c1-10-8-14(21)19-20-15(10)11-4-6-12(7-5-11)18-16(22)13-9-17(13,2)3/h4-7,10,13H,8-9H2,1-3H3,(H,18,22)(H,19,21). The van der Waals surface area contributed by atoms with Crippen LogP contribution in [0, 0.1) is 17.3 Å². The van der Waals surface area contributed by atoms with Crippen molar-refractivity contribution in [2.24, 2.45) is 22.4 Å². The van der Waals surface area contributed by atoms with Crippen molar-refractivity contribution < 1.29 is 9.59 Å². The molecular weight excluding hydrogens is 278 g/mol. The SMILES string of the molecule is CC1CC(=O)NN=C1c1ccc(NC(=O)C2CC2(C)C)cc1. The fourth-order valence-corrected chi connectivity index (χ4v) is 2.87. The van der Waals surface area contributed by atoms with E-state index in [-0.39, 0.29) is 29.1 Å². The van der Waals surface area contributed by atoms with Crippen molar-refractivity contribution in [3.63, 3.8) is 0 Å². The van der Waals surface area contributed by atoms with E-state index < -0.39 is 0 Å². The second kappa shape index (κ2) is 5.23. The van der Waals surface area contributed by atoms with Crippen LogP contribution in [-0.2, 0) is 9.59 Å². The van der Waals surface area contributed by atoms with Gasteiger partial charge >= 0.3 is 0 Å². The molecule has 1 aromatic carbocycles. The molecule has 1 fully saturated rings. The molecule has 2 N–H and O–H groups in total. The molecule has 5 nitrogen and oxygen atoms in total. The average Bonchev–Trinajstić information content (AvgIpc) is 3.09. The van der Waals surface area contributed by atoms with E-state index in [0.29, 0.717) is 6.42 Å². The van der Waals surface area contributed by atoms with Gasteiger partial charge < -0.3 is 5.32 Å². The molecule has 2 atom stereocenters. The van der Waals surface area contributed by atoms with E-state index in [9.17, 15) is 9.59 Å². The zero-order chi connectivity index (χ0) is 15.9. The number of hydrogen-bond donors (Lipinski definition) is 2. The Labute approximate surface area is 130 Å². The van der Waals surface area contributed by atoms with Crippen LogP contribution in [0.5, 0.6) is 0 Å². The van der Waals surface area contributed by atoms with Gasteiger partial charge in [-0.25, -0.2) is 5.43 Å². The van der Waals surface area contributed by atoms with Gasteiger partial charge in [0.15, 0.2) is 0 Å². The van der Waals surface area contributed by atoms with Crippen molar-refractivity contribution in [3.05, 3.63) is 29.8 Å². The summed E-state index contributed by atoms with van der Waals surface area (Å²) in [5, 5.41) is 7.10. The number of nitrogens with one attached hydrogen (secondary N) is 2. The van der Waals surface area contributed by atoms with Crippen molar-refractivity contribution >= 4 is 23.2 Å². The van der Waals surface area contributed by atoms with Gasteiger partial charge in [0.25, 0.3) is 0 Å². The largest absolute Gasteiger partial charge is 0.326 e. The molecule has 5 heteroatoms. The summed E-state index contributed by atoms with van der Waals surface area (Å²) < 4.78 is 0. The molecule has 2 aliphatic rings. The first kappa shape index (κ1) is 14.8. The van der Waals surface area contributed by atoms with Crippen molar-refractivity contribution in [2.75, 3.05) is 5.32 Å². The van der Waals surface area contributed by atoms with E-state index in [2.05, 4.69) is 29.7 Å². The van der Waals surface area contributed by atoms with Crippen molar-refractivity contribution in [2.45, 2.75) is 33.6 Å². The van der Waals surface area contributed by atoms with Crippen LogP contribution in [0.1, 0.15) is 39.2 Å². The lowest BCUT2D eigenvalue weighted by atomic mass is 9.94. The van der Waals surface area contributed by atoms with Crippen LogP contribution in [0.4, 0.5) is 5.69 Å². The highest BCUT2D eigenvalue weighted by Gasteiger charge is 2.50. The minimum Gasteiger partial charge on any atom is -0.326 e. The molecule has 116 valence electrons. The van der Waals surface area contributed by atoms with Gasteiger partial charge in [-0.1, -0.05) is 32.9 Å². The number of anilines is 1. The Kier molecular flexibility index (Phi) is 3.51. The summed E-state index contributed by atoms with van der Waals surface area (Å²) in [4.78, 5) is 23.4. The van der Waals surface area contributed by atoms with E-state index in [1.54, 1.807) is 0 Å². The molecule has 1 aromatic rings. The maximum atomic E-state index is 12.1. The number of benzene rings is 1. The fraction of sp³-hybridized carbons (Fsp3) is 0.471. The third-order valence-electron chi connectivity index (χ3n) is 4.54. The van der Waals surface area contributed by atoms with Gasteiger partial charge in [-0.05, 0) is 29.5 Å². The Hall–Kier alpha value is -2.17. The van der Waals surface area contributed by atoms with Crippen molar-refractivity contribution in [1.82, 2.24) is 5.43 Å². The summed E-state index contributed by atoms with van der Waals surface area (Å²) in [5.74, 6) is 0.257. The van der Waals surface area contributed by atoms with Crippen LogP contribution in [0.25, 0.3) is 0 Å². The van der Waals surface area contributed by atoms with Gasteiger partial charge in [0.2, 0.25) is 11.8 Å². The van der Waals surface area contributed by atoms with Crippen LogP contribution in [0.15, 0.2) is 29.4 Å². The molecule has 1 aliphatic heterocycles. The van der Waals surface area contributed by atoms with E-state index >= 15 is 0 Å². The lowest BCUT2D eigenvalue weighted by molar-refractivity contribution is -0.122. The maximum Gasteiger partial charge on any atom is 0.240 e. The minimum atomic E-state index is -0.0489. The lowest BCUT2D eigenvalue weighted by Crippen LogP contribution is -2.31. The van der Waals surface area contributed by atoms with Crippen LogP contribution in [-0.4, -0.2) is 17.5 Å². The normalized spacial score (nSPS) is 26.0. The Morgan fingerprint density at radius 3 is 2.50 bits per heavy atom. The molecule has 3 rings (SSSR count). The van der Waals surface area contributed by atoms with Gasteiger partial charge in [-0.2, -0.15) is 5.10 Å². The second-order valence-corrected chi connectivity index (χ2v) is 6.95. The first-order chi connectivity index (χ1) is 10.4. The smallest absolute Gasteiger partial charge is 0.240 e. The molecule has 1 heterocycles. The zero-order valence-electron chi connectivity index (χ0n) is 13.1. The van der Waals surface area contributed by atoms with Gasteiger partial charge in [0, 0.05) is 23.9 Å². The molecule has 0 saturated heterocycles. The summed E-state index contributed by atoms with van der Waals surface area (Å²) in [7, 11) is 0. The molecule has 0 spiro atoms. The van der Waals surface area contributed by atoms with Crippen molar-refractivity contribution in [3.8, 4) is 0 Å². The monoisotopic (exact) mass is 299 g/mol. The number of nitrogens with zero attached hydrogens (tertiary/aromatic N) is 1. The molecule has 2 amide bonds. The van der Waals surface area contributed by atoms with Gasteiger partial charge in [-0.15, -0.1) is 0 Å². The minimum absolute atomic E-state index is 0.0489. The second-order valence-electron chi connectivity index (χ2n) is 6.95. The molecule has 1 saturated carbocycles. The molecule has 2 unspecified atom stereocenters. The van der Waals surface area contributed by atoms with Crippen molar-refractivity contribution in [1.29, 1.82) is 0 Å². The molecule has 0 bridgehead atoms. The number of carbonyl (C=O) groups is 2. The number of hydrogen-bond acceptors (Lipinski definition) is 3. The van der Waals surface area contributed by atoms with E-state index in [1.807, 2.05) is 31.2 Å². The summed E-state index contributed by atoms with van der Waals surface area (Å²) in [6, 6.07) is 7.63. The predicted octanol–water partition coefficient (Wildman–Crippen LogP) is 2.53. The Morgan fingerprint density at radius 1 is 1.32 bits per heavy atom. The van der Waals surface area contributed by atoms with Gasteiger partial charge in [0.05, 0.1) is 5.71 Å². The van der Waals surface area contributed by atoms with Crippen LogP contribution >= 0.6 is 0 Å². The Morgan fingerprint density at radius 2 is 1.95 bits per heavy atom. The Balaban J connectivity index is 1.68. The summed E-state index contributed by atoms with van der Waals surface area (Å²) >= 11 is 0. The van der Waals surface area contributed by atoms with E-state index in [0.717, 1.165) is 23.4 Å². The third-order valence-corrected chi connectivity index (χ3v) is 4.54. The fourth-order valence-electron chi connectivity index (χ4n) is 2.87. The molecule has 0 aromatic heterocycles. The first-order valence-corrected chi connectivity index (χ1v) is 7.64. The molecule has 1 aliphatic carbocycles. The predicted molar refractivity (Wildman–Crippen MR) is 85.4 cm³/mol. The number of hydrazone groups is 1. The molecule has 22 heavy (non-hydrogen) atoms. The maximum absolute atomic E-state index is 12.1. The van der Waals surface area contributed by atoms with E-state index in [1.165, 1.54) is 0 Å². The van der Waals surface area contributed by atoms with Crippen LogP contribution < -0.4 is 10.7 Å². The highest BCUT2D eigenvalue weighted by molar-refractivity contribution is 6.06. The lowest BCUT2D eigenvalue weighted by Gasteiger charge is -2.19. The zero-order valence-corrected chi connectivity index (χ0v) is 13.1. The van der Waals surface area contributed by atoms with Gasteiger partial charge in [0.1, 0.15) is 0 Å². The topological polar surface area (TPSA) is 70.6 Å². The van der Waals surface area contributed by atoms with Crippen LogP contribution in [0.2, 0.25) is 0 Å². The number of rotatable bonds is 3. The summed E-state index contributed by atoms with van der Waals surface area (Å²) in [6.45, 7) is 6.21. The average molecular weight is 299 g/mol. The quantitative estimate of drug-likeness (QED) is 0.900. The molecule has 0 radical (unpaired) electrons. The highest BCUT2D eigenvalue weighted by atomic mass is 16.2. The number of amides is 2. The highest BCUT2D eigenvalue weighted by Crippen LogP contribution is 2.51. The third kappa shape index (κ3) is 2.89. The summed E-state index contributed by atoms with van der Waals surface area (Å²) in [5.41, 5.74) is 5.29.